The zero-order chi connectivity index (χ0) is 23.8. The van der Waals surface area contributed by atoms with Gasteiger partial charge in [-0.05, 0) is 56.0 Å². The van der Waals surface area contributed by atoms with E-state index >= 15 is 0 Å². The molecule has 8 nitrogen and oxygen atoms in total. The predicted octanol–water partition coefficient (Wildman–Crippen LogP) is 2.57. The van der Waals surface area contributed by atoms with Crippen LogP contribution in [0, 0.1) is 18.7 Å². The van der Waals surface area contributed by atoms with Crippen molar-refractivity contribution in [2.24, 2.45) is 5.92 Å². The fourth-order valence-corrected chi connectivity index (χ4v) is 5.82. The molecule has 2 atom stereocenters. The van der Waals surface area contributed by atoms with E-state index < -0.39 is 22.0 Å². The van der Waals surface area contributed by atoms with Gasteiger partial charge in [-0.25, -0.2) is 12.8 Å². The standard InChI is InChI=1S/C23H26FN3O5S/c1-14-10-19-20(32-15(2)22(28)26-19)11-21(14)33(30,31)27-9-3-4-17(13-27)23(29)25-12-16-5-7-18(24)8-6-16/h5-8,10-11,15,17H,3-4,9,12-13H2,1-2H3,(H,25,29)(H,26,28). The second kappa shape index (κ2) is 9.11. The number of ether oxygens (including phenoxy) is 1. The number of piperidine rings is 1. The largest absolute Gasteiger partial charge is 0.479 e. The summed E-state index contributed by atoms with van der Waals surface area (Å²) in [6.07, 6.45) is 0.415. The summed E-state index contributed by atoms with van der Waals surface area (Å²) in [7, 11) is -3.88. The fourth-order valence-electron chi connectivity index (χ4n) is 4.07. The molecule has 0 saturated carbocycles. The van der Waals surface area contributed by atoms with Crippen LogP contribution in [0.15, 0.2) is 41.3 Å². The Morgan fingerprint density at radius 3 is 2.73 bits per heavy atom. The SMILES string of the molecule is Cc1cc2c(cc1S(=O)(=O)N1CCCC(C(=O)NCc3ccc(F)cc3)C1)OC(C)C(=O)N2. The average molecular weight is 476 g/mol. The highest BCUT2D eigenvalue weighted by atomic mass is 32.2. The number of rotatable bonds is 5. The summed E-state index contributed by atoms with van der Waals surface area (Å²) in [6.45, 7) is 3.88. The second-order valence-electron chi connectivity index (χ2n) is 8.41. The third kappa shape index (κ3) is 4.86. The van der Waals surface area contributed by atoms with E-state index in [0.717, 1.165) is 5.56 Å². The van der Waals surface area contributed by atoms with Crippen molar-refractivity contribution < 1.29 is 27.1 Å². The number of amides is 2. The summed E-state index contributed by atoms with van der Waals surface area (Å²) in [5.41, 5.74) is 1.68. The Morgan fingerprint density at radius 1 is 1.27 bits per heavy atom. The van der Waals surface area contributed by atoms with Gasteiger partial charge in [0, 0.05) is 25.7 Å². The average Bonchev–Trinajstić information content (AvgIpc) is 2.79. The zero-order valence-electron chi connectivity index (χ0n) is 18.4. The molecule has 0 aliphatic carbocycles. The lowest BCUT2D eigenvalue weighted by Gasteiger charge is -2.32. The minimum Gasteiger partial charge on any atom is -0.479 e. The number of benzene rings is 2. The van der Waals surface area contributed by atoms with Crippen LogP contribution < -0.4 is 15.4 Å². The maximum Gasteiger partial charge on any atom is 0.265 e. The highest BCUT2D eigenvalue weighted by molar-refractivity contribution is 7.89. The van der Waals surface area contributed by atoms with E-state index in [9.17, 15) is 22.4 Å². The number of hydrogen-bond acceptors (Lipinski definition) is 5. The van der Waals surface area contributed by atoms with Crippen molar-refractivity contribution in [1.29, 1.82) is 0 Å². The summed E-state index contributed by atoms with van der Waals surface area (Å²) in [6, 6.07) is 8.87. The maximum absolute atomic E-state index is 13.4. The van der Waals surface area contributed by atoms with E-state index in [4.69, 9.17) is 4.74 Å². The molecule has 0 radical (unpaired) electrons. The summed E-state index contributed by atoms with van der Waals surface area (Å²) in [4.78, 5) is 24.6. The normalized spacial score (nSPS) is 21.0. The topological polar surface area (TPSA) is 105 Å². The number of carbonyl (C=O) groups excluding carboxylic acids is 2. The monoisotopic (exact) mass is 475 g/mol. The van der Waals surface area contributed by atoms with Crippen LogP contribution in [0.25, 0.3) is 0 Å². The van der Waals surface area contributed by atoms with Gasteiger partial charge in [-0.2, -0.15) is 4.31 Å². The van der Waals surface area contributed by atoms with Crippen molar-refractivity contribution in [2.75, 3.05) is 18.4 Å². The molecule has 2 aliphatic rings. The van der Waals surface area contributed by atoms with E-state index in [1.54, 1.807) is 32.0 Å². The lowest BCUT2D eigenvalue weighted by Crippen LogP contribution is -2.45. The molecule has 0 bridgehead atoms. The molecule has 1 saturated heterocycles. The minimum atomic E-state index is -3.88. The van der Waals surface area contributed by atoms with Crippen LogP contribution in [0.2, 0.25) is 0 Å². The van der Waals surface area contributed by atoms with E-state index in [1.807, 2.05) is 0 Å². The Balaban J connectivity index is 1.48. The number of nitrogens with zero attached hydrogens (tertiary/aromatic N) is 1. The molecule has 1 fully saturated rings. The molecule has 2 aliphatic heterocycles. The summed E-state index contributed by atoms with van der Waals surface area (Å²) >= 11 is 0. The van der Waals surface area contributed by atoms with Gasteiger partial charge in [-0.15, -0.1) is 0 Å². The molecule has 2 amide bonds. The Bertz CT molecular complexity index is 1180. The van der Waals surface area contributed by atoms with Crippen molar-refractivity contribution in [1.82, 2.24) is 9.62 Å². The first kappa shape index (κ1) is 23.2. The summed E-state index contributed by atoms with van der Waals surface area (Å²) in [5, 5.41) is 5.53. The Labute approximate surface area is 192 Å². The third-order valence-electron chi connectivity index (χ3n) is 5.96. The first-order chi connectivity index (χ1) is 15.6. The van der Waals surface area contributed by atoms with Crippen molar-refractivity contribution in [3.05, 3.63) is 53.3 Å². The molecule has 33 heavy (non-hydrogen) atoms. The third-order valence-corrected chi connectivity index (χ3v) is 7.97. The molecule has 2 N–H and O–H groups in total. The number of carbonyl (C=O) groups is 2. The van der Waals surface area contributed by atoms with Gasteiger partial charge in [0.2, 0.25) is 15.9 Å². The maximum atomic E-state index is 13.4. The second-order valence-corrected chi connectivity index (χ2v) is 10.3. The lowest BCUT2D eigenvalue weighted by molar-refractivity contribution is -0.126. The summed E-state index contributed by atoms with van der Waals surface area (Å²) in [5.74, 6) is -1.05. The van der Waals surface area contributed by atoms with Gasteiger partial charge < -0.3 is 15.4 Å². The molecule has 2 aromatic carbocycles. The molecular weight excluding hydrogens is 449 g/mol. The molecule has 176 valence electrons. The van der Waals surface area contributed by atoms with E-state index in [2.05, 4.69) is 10.6 Å². The Hall–Kier alpha value is -2.98. The highest BCUT2D eigenvalue weighted by Crippen LogP contribution is 2.36. The number of halogens is 1. The predicted molar refractivity (Wildman–Crippen MR) is 120 cm³/mol. The first-order valence-electron chi connectivity index (χ1n) is 10.8. The molecule has 10 heteroatoms. The molecule has 2 unspecified atom stereocenters. The lowest BCUT2D eigenvalue weighted by atomic mass is 9.99. The Kier molecular flexibility index (Phi) is 6.40. The zero-order valence-corrected chi connectivity index (χ0v) is 19.2. The van der Waals surface area contributed by atoms with Gasteiger partial charge in [0.1, 0.15) is 11.6 Å². The van der Waals surface area contributed by atoms with Gasteiger partial charge >= 0.3 is 0 Å². The minimum absolute atomic E-state index is 0.0715. The smallest absolute Gasteiger partial charge is 0.265 e. The van der Waals surface area contributed by atoms with E-state index in [1.165, 1.54) is 22.5 Å². The molecule has 2 aromatic rings. The van der Waals surface area contributed by atoms with Gasteiger partial charge in [-0.3, -0.25) is 9.59 Å². The van der Waals surface area contributed by atoms with Crippen LogP contribution in [0.5, 0.6) is 5.75 Å². The number of hydrogen-bond donors (Lipinski definition) is 2. The van der Waals surface area contributed by atoms with Crippen LogP contribution in [-0.2, 0) is 26.2 Å². The quantitative estimate of drug-likeness (QED) is 0.692. The van der Waals surface area contributed by atoms with Crippen LogP contribution in [-0.4, -0.2) is 43.7 Å². The van der Waals surface area contributed by atoms with Gasteiger partial charge in [0.05, 0.1) is 16.5 Å². The van der Waals surface area contributed by atoms with Crippen LogP contribution >= 0.6 is 0 Å². The highest BCUT2D eigenvalue weighted by Gasteiger charge is 2.35. The number of aryl methyl sites for hydroxylation is 1. The van der Waals surface area contributed by atoms with Gasteiger partial charge in [-0.1, -0.05) is 12.1 Å². The molecular formula is C23H26FN3O5S. The number of anilines is 1. The Morgan fingerprint density at radius 2 is 2.00 bits per heavy atom. The number of fused-ring (bicyclic) bond motifs is 1. The number of nitrogens with one attached hydrogen (secondary N) is 2. The van der Waals surface area contributed by atoms with Gasteiger partial charge in [0.25, 0.3) is 5.91 Å². The summed E-state index contributed by atoms with van der Waals surface area (Å²) < 4.78 is 46.8. The van der Waals surface area contributed by atoms with Crippen molar-refractivity contribution in [3.8, 4) is 5.75 Å². The number of sulfonamides is 1. The molecule has 2 heterocycles. The van der Waals surface area contributed by atoms with Crippen molar-refractivity contribution in [3.63, 3.8) is 0 Å². The molecule has 4 rings (SSSR count). The van der Waals surface area contributed by atoms with Crippen LogP contribution in [0.3, 0.4) is 0 Å². The fraction of sp³-hybridized carbons (Fsp3) is 0.391. The first-order valence-corrected chi connectivity index (χ1v) is 12.2. The molecule has 0 spiro atoms. The van der Waals surface area contributed by atoms with E-state index in [0.29, 0.717) is 36.4 Å². The van der Waals surface area contributed by atoms with Crippen LogP contribution in [0.1, 0.15) is 30.9 Å². The van der Waals surface area contributed by atoms with E-state index in [-0.39, 0.29) is 35.6 Å². The van der Waals surface area contributed by atoms with Crippen molar-refractivity contribution in [2.45, 2.75) is 44.2 Å². The van der Waals surface area contributed by atoms with Gasteiger partial charge in [0.15, 0.2) is 6.10 Å². The molecule has 0 aromatic heterocycles. The van der Waals surface area contributed by atoms with Crippen LogP contribution in [0.4, 0.5) is 10.1 Å². The van der Waals surface area contributed by atoms with Crippen molar-refractivity contribution >= 4 is 27.5 Å².